The predicted octanol–water partition coefficient (Wildman–Crippen LogP) is 2.83. The molecule has 1 aromatic carbocycles. The highest BCUT2D eigenvalue weighted by atomic mass is 19.1. The van der Waals surface area contributed by atoms with E-state index in [9.17, 15) is 9.18 Å². The summed E-state index contributed by atoms with van der Waals surface area (Å²) >= 11 is 0. The summed E-state index contributed by atoms with van der Waals surface area (Å²) in [6.07, 6.45) is 2.36. The van der Waals surface area contributed by atoms with E-state index in [1.807, 2.05) is 11.8 Å². The second-order valence-corrected chi connectivity index (χ2v) is 4.86. The van der Waals surface area contributed by atoms with Crippen molar-refractivity contribution in [2.24, 2.45) is 0 Å². The number of halogens is 1. The zero-order chi connectivity index (χ0) is 13.6. The van der Waals surface area contributed by atoms with Crippen molar-refractivity contribution in [3.05, 3.63) is 35.8 Å². The lowest BCUT2D eigenvalue weighted by molar-refractivity contribution is 0.0696. The van der Waals surface area contributed by atoms with Crippen LogP contribution in [0.5, 0.6) is 0 Å². The van der Waals surface area contributed by atoms with Crippen molar-refractivity contribution in [3.8, 4) is 0 Å². The fourth-order valence-corrected chi connectivity index (χ4v) is 2.35. The Kier molecular flexibility index (Phi) is 3.59. The van der Waals surface area contributed by atoms with Crippen LogP contribution in [-0.4, -0.2) is 28.6 Å². The maximum Gasteiger partial charge on any atom is 0.337 e. The molecule has 1 saturated heterocycles. The summed E-state index contributed by atoms with van der Waals surface area (Å²) in [7, 11) is 0. The standard InChI is InChI=1S/C14H13FN2O2.H3N/c1-8-2-3-17(8)13-6-12-9(5-11(13)15)4-10(7-16-12)14(18)19;/h4-8H,2-3H2,1H3,(H,18,19);1H3. The zero-order valence-corrected chi connectivity index (χ0v) is 11.1. The molecule has 0 radical (unpaired) electrons. The van der Waals surface area contributed by atoms with E-state index in [0.29, 0.717) is 22.6 Å². The predicted molar refractivity (Wildman–Crippen MR) is 75.1 cm³/mol. The van der Waals surface area contributed by atoms with Crippen molar-refractivity contribution in [2.75, 3.05) is 11.4 Å². The quantitative estimate of drug-likeness (QED) is 0.881. The number of hydrogen-bond acceptors (Lipinski definition) is 4. The summed E-state index contributed by atoms with van der Waals surface area (Å²) in [6.45, 7) is 2.89. The van der Waals surface area contributed by atoms with E-state index in [0.717, 1.165) is 13.0 Å². The molecule has 1 aromatic heterocycles. The van der Waals surface area contributed by atoms with Gasteiger partial charge in [0, 0.05) is 24.2 Å². The molecule has 0 aliphatic carbocycles. The van der Waals surface area contributed by atoms with Crippen LogP contribution in [0.25, 0.3) is 10.9 Å². The first-order chi connectivity index (χ1) is 9.06. The van der Waals surface area contributed by atoms with Gasteiger partial charge in [0.25, 0.3) is 0 Å². The Hall–Kier alpha value is -2.21. The molecule has 2 aromatic rings. The van der Waals surface area contributed by atoms with E-state index in [4.69, 9.17) is 5.11 Å². The molecule has 1 fully saturated rings. The highest BCUT2D eigenvalue weighted by Crippen LogP contribution is 2.31. The molecule has 1 unspecified atom stereocenters. The van der Waals surface area contributed by atoms with Crippen molar-refractivity contribution < 1.29 is 14.3 Å². The van der Waals surface area contributed by atoms with Crippen molar-refractivity contribution in [1.29, 1.82) is 0 Å². The van der Waals surface area contributed by atoms with Crippen molar-refractivity contribution in [1.82, 2.24) is 11.1 Å². The van der Waals surface area contributed by atoms with Crippen LogP contribution in [-0.2, 0) is 0 Å². The van der Waals surface area contributed by atoms with Crippen molar-refractivity contribution >= 4 is 22.6 Å². The van der Waals surface area contributed by atoms with E-state index in [-0.39, 0.29) is 17.5 Å². The monoisotopic (exact) mass is 277 g/mol. The molecule has 3 rings (SSSR count). The van der Waals surface area contributed by atoms with Crippen LogP contribution in [0.3, 0.4) is 0 Å². The third kappa shape index (κ3) is 2.18. The molecule has 1 aliphatic rings. The van der Waals surface area contributed by atoms with Gasteiger partial charge in [0.2, 0.25) is 0 Å². The van der Waals surface area contributed by atoms with E-state index in [1.165, 1.54) is 18.3 Å². The van der Waals surface area contributed by atoms with Gasteiger partial charge >= 0.3 is 5.97 Å². The maximum absolute atomic E-state index is 14.1. The molecule has 1 aliphatic heterocycles. The number of aromatic nitrogens is 1. The van der Waals surface area contributed by atoms with Crippen LogP contribution in [0.2, 0.25) is 0 Å². The normalized spacial score (nSPS) is 17.5. The number of fused-ring (bicyclic) bond motifs is 1. The highest BCUT2D eigenvalue weighted by Gasteiger charge is 2.26. The Morgan fingerprint density at radius 2 is 2.20 bits per heavy atom. The molecule has 20 heavy (non-hydrogen) atoms. The van der Waals surface area contributed by atoms with Gasteiger partial charge in [0.15, 0.2) is 0 Å². The van der Waals surface area contributed by atoms with E-state index >= 15 is 0 Å². The van der Waals surface area contributed by atoms with Crippen LogP contribution in [0, 0.1) is 5.82 Å². The van der Waals surface area contributed by atoms with Crippen LogP contribution in [0.4, 0.5) is 10.1 Å². The van der Waals surface area contributed by atoms with Crippen molar-refractivity contribution in [2.45, 2.75) is 19.4 Å². The second-order valence-electron chi connectivity index (χ2n) is 4.86. The van der Waals surface area contributed by atoms with Crippen LogP contribution < -0.4 is 11.1 Å². The molecule has 2 heterocycles. The number of anilines is 1. The summed E-state index contributed by atoms with van der Waals surface area (Å²) in [5.74, 6) is -1.39. The molecule has 4 N–H and O–H groups in total. The first kappa shape index (κ1) is 14.2. The molecule has 106 valence electrons. The lowest BCUT2D eigenvalue weighted by Crippen LogP contribution is -2.46. The second kappa shape index (κ2) is 5.05. The smallest absolute Gasteiger partial charge is 0.337 e. The topological polar surface area (TPSA) is 88.4 Å². The van der Waals surface area contributed by atoms with E-state index in [1.54, 1.807) is 6.07 Å². The number of pyridine rings is 1. The molecule has 0 spiro atoms. The summed E-state index contributed by atoms with van der Waals surface area (Å²) < 4.78 is 14.1. The van der Waals surface area contributed by atoms with Crippen LogP contribution in [0.1, 0.15) is 23.7 Å². The number of carboxylic acid groups (broad SMARTS) is 1. The maximum atomic E-state index is 14.1. The first-order valence-corrected chi connectivity index (χ1v) is 6.15. The largest absolute Gasteiger partial charge is 0.478 e. The van der Waals surface area contributed by atoms with Gasteiger partial charge in [-0.2, -0.15) is 0 Å². The minimum absolute atomic E-state index is 0. The number of carboxylic acids is 1. The molecule has 0 saturated carbocycles. The van der Waals surface area contributed by atoms with Gasteiger partial charge in [-0.25, -0.2) is 9.18 Å². The van der Waals surface area contributed by atoms with E-state index < -0.39 is 5.97 Å². The van der Waals surface area contributed by atoms with Crippen LogP contribution >= 0.6 is 0 Å². The van der Waals surface area contributed by atoms with Gasteiger partial charge in [-0.1, -0.05) is 0 Å². The number of aromatic carboxylic acids is 1. The third-order valence-electron chi connectivity index (χ3n) is 3.63. The summed E-state index contributed by atoms with van der Waals surface area (Å²) in [5, 5.41) is 9.40. The van der Waals surface area contributed by atoms with E-state index in [2.05, 4.69) is 4.98 Å². The molecule has 6 heteroatoms. The Morgan fingerprint density at radius 3 is 2.75 bits per heavy atom. The minimum Gasteiger partial charge on any atom is -0.478 e. The van der Waals surface area contributed by atoms with Crippen LogP contribution in [0.15, 0.2) is 24.4 Å². The minimum atomic E-state index is -1.06. The number of benzene rings is 1. The first-order valence-electron chi connectivity index (χ1n) is 6.15. The van der Waals surface area contributed by atoms with Crippen molar-refractivity contribution in [3.63, 3.8) is 0 Å². The Balaban J connectivity index is 0.00000147. The average molecular weight is 277 g/mol. The summed E-state index contributed by atoms with van der Waals surface area (Å²) in [4.78, 5) is 16.9. The van der Waals surface area contributed by atoms with Gasteiger partial charge in [-0.3, -0.25) is 4.98 Å². The lowest BCUT2D eigenvalue weighted by Gasteiger charge is -2.40. The molecule has 0 bridgehead atoms. The fraction of sp³-hybridized carbons (Fsp3) is 0.286. The van der Waals surface area contributed by atoms with Gasteiger partial charge in [-0.05, 0) is 31.5 Å². The third-order valence-corrected chi connectivity index (χ3v) is 3.63. The highest BCUT2D eigenvalue weighted by molar-refractivity contribution is 5.93. The molecule has 5 nitrogen and oxygen atoms in total. The molecular formula is C14H16FN3O2. The number of rotatable bonds is 2. The number of hydrogen-bond donors (Lipinski definition) is 2. The SMILES string of the molecule is CC1CCN1c1cc2ncc(C(=O)O)cc2cc1F.N. The lowest BCUT2D eigenvalue weighted by atomic mass is 10.0. The number of nitrogens with zero attached hydrogens (tertiary/aromatic N) is 2. The molecular weight excluding hydrogens is 261 g/mol. The Morgan fingerprint density at radius 1 is 1.45 bits per heavy atom. The molecule has 1 atom stereocenters. The Bertz CT molecular complexity index is 675. The van der Waals surface area contributed by atoms with Gasteiger partial charge in [0.05, 0.1) is 16.8 Å². The molecule has 0 amide bonds. The zero-order valence-electron chi connectivity index (χ0n) is 11.1. The number of carbonyl (C=O) groups is 1. The summed E-state index contributed by atoms with van der Waals surface area (Å²) in [5.41, 5.74) is 1.22. The summed E-state index contributed by atoms with van der Waals surface area (Å²) in [6, 6.07) is 4.82. The van der Waals surface area contributed by atoms with Gasteiger partial charge in [0.1, 0.15) is 5.82 Å². The fourth-order valence-electron chi connectivity index (χ4n) is 2.35. The average Bonchev–Trinajstić information content (AvgIpc) is 2.37. The Labute approximate surface area is 115 Å². The van der Waals surface area contributed by atoms with Gasteiger partial charge in [-0.15, -0.1) is 0 Å². The van der Waals surface area contributed by atoms with Gasteiger partial charge < -0.3 is 16.2 Å².